The summed E-state index contributed by atoms with van der Waals surface area (Å²) in [6, 6.07) is 11.0. The summed E-state index contributed by atoms with van der Waals surface area (Å²) in [6.45, 7) is 4.63. The highest BCUT2D eigenvalue weighted by atomic mass is 16.5. The van der Waals surface area contributed by atoms with Crippen LogP contribution in [-0.2, 0) is 9.53 Å². The van der Waals surface area contributed by atoms with E-state index in [1.807, 2.05) is 0 Å². The van der Waals surface area contributed by atoms with E-state index in [1.165, 1.54) is 26.0 Å². The van der Waals surface area contributed by atoms with Crippen LogP contribution in [0.4, 0.5) is 5.69 Å². The van der Waals surface area contributed by atoms with Gasteiger partial charge in [0.15, 0.2) is 11.9 Å². The predicted octanol–water partition coefficient (Wildman–Crippen LogP) is 3.09. The molecule has 0 aliphatic rings. The fraction of sp³-hybridized carbons (Fsp3) is 0.211. The summed E-state index contributed by atoms with van der Waals surface area (Å²) < 4.78 is 5.09. The van der Waals surface area contributed by atoms with Gasteiger partial charge in [0.1, 0.15) is 11.3 Å². The molecule has 0 spiro atoms. The number of phenols is 1. The van der Waals surface area contributed by atoms with Crippen LogP contribution >= 0.6 is 0 Å². The molecule has 0 saturated heterocycles. The first-order valence-electron chi connectivity index (χ1n) is 7.70. The normalized spacial score (nSPS) is 11.5. The summed E-state index contributed by atoms with van der Waals surface area (Å²) >= 11 is 0. The van der Waals surface area contributed by atoms with E-state index < -0.39 is 18.0 Å². The minimum atomic E-state index is -1.07. The van der Waals surface area contributed by atoms with E-state index in [9.17, 15) is 19.5 Å². The number of ether oxygens (including phenoxy) is 1. The lowest BCUT2D eigenvalue weighted by Crippen LogP contribution is -2.30. The lowest BCUT2D eigenvalue weighted by molar-refractivity contribution is -0.123. The van der Waals surface area contributed by atoms with Crippen LogP contribution < -0.4 is 5.32 Å². The summed E-state index contributed by atoms with van der Waals surface area (Å²) in [6.07, 6.45) is -1.07. The quantitative estimate of drug-likeness (QED) is 0.644. The molecule has 2 aromatic carbocycles. The number of aryl methyl sites for hydroxylation is 1. The highest BCUT2D eigenvalue weighted by Crippen LogP contribution is 2.20. The van der Waals surface area contributed by atoms with E-state index in [-0.39, 0.29) is 17.1 Å². The molecular weight excluding hydrogens is 322 g/mol. The largest absolute Gasteiger partial charge is 0.507 e. The smallest absolute Gasteiger partial charge is 0.342 e. The summed E-state index contributed by atoms with van der Waals surface area (Å²) in [7, 11) is 0. The van der Waals surface area contributed by atoms with Crippen LogP contribution in [0.1, 0.15) is 40.1 Å². The molecule has 0 bridgehead atoms. The molecule has 0 aliphatic heterocycles. The molecule has 0 fully saturated rings. The molecule has 0 unspecified atom stereocenters. The maximum absolute atomic E-state index is 12.2. The van der Waals surface area contributed by atoms with E-state index >= 15 is 0 Å². The molecule has 2 rings (SSSR count). The van der Waals surface area contributed by atoms with Crippen molar-refractivity contribution in [2.24, 2.45) is 0 Å². The number of benzene rings is 2. The van der Waals surface area contributed by atoms with Crippen molar-refractivity contribution < 1.29 is 24.2 Å². The third-order valence-electron chi connectivity index (χ3n) is 3.56. The Bertz CT molecular complexity index is 828. The van der Waals surface area contributed by atoms with Gasteiger partial charge in [-0.05, 0) is 50.6 Å². The number of nitrogens with one attached hydrogen (secondary N) is 1. The van der Waals surface area contributed by atoms with Crippen molar-refractivity contribution in [2.75, 3.05) is 5.32 Å². The van der Waals surface area contributed by atoms with Crippen molar-refractivity contribution in [2.45, 2.75) is 26.9 Å². The van der Waals surface area contributed by atoms with Gasteiger partial charge in [-0.3, -0.25) is 9.59 Å². The number of phenolic OH excluding ortho intramolecular Hbond substituents is 1. The molecule has 0 heterocycles. The third-order valence-corrected chi connectivity index (χ3v) is 3.56. The third kappa shape index (κ3) is 4.67. The van der Waals surface area contributed by atoms with E-state index in [1.54, 1.807) is 37.3 Å². The highest BCUT2D eigenvalue weighted by Gasteiger charge is 2.21. The van der Waals surface area contributed by atoms with Gasteiger partial charge in [0.05, 0.1) is 0 Å². The van der Waals surface area contributed by atoms with Gasteiger partial charge in [-0.2, -0.15) is 0 Å². The number of carbonyl (C=O) groups excluding carboxylic acids is 3. The lowest BCUT2D eigenvalue weighted by atomic mass is 10.1. The number of ketones is 1. The number of rotatable bonds is 5. The number of Topliss-reactive ketones (excluding diaryl/α,β-unsaturated/α-hetero) is 1. The zero-order chi connectivity index (χ0) is 18.6. The number of esters is 1. The van der Waals surface area contributed by atoms with Crippen molar-refractivity contribution in [3.05, 3.63) is 59.2 Å². The highest BCUT2D eigenvalue weighted by molar-refractivity contribution is 6.00. The monoisotopic (exact) mass is 341 g/mol. The van der Waals surface area contributed by atoms with Gasteiger partial charge in [0.25, 0.3) is 5.91 Å². The Kier molecular flexibility index (Phi) is 5.54. The number of hydrogen-bond donors (Lipinski definition) is 2. The second-order valence-electron chi connectivity index (χ2n) is 5.69. The van der Waals surface area contributed by atoms with Gasteiger partial charge < -0.3 is 15.2 Å². The molecule has 130 valence electrons. The molecule has 1 amide bonds. The minimum Gasteiger partial charge on any atom is -0.507 e. The molecule has 0 aromatic heterocycles. The number of amides is 1. The summed E-state index contributed by atoms with van der Waals surface area (Å²) in [5, 5.41) is 12.4. The van der Waals surface area contributed by atoms with Crippen molar-refractivity contribution >= 4 is 23.3 Å². The number of hydrogen-bond acceptors (Lipinski definition) is 5. The minimum absolute atomic E-state index is 0.0103. The van der Waals surface area contributed by atoms with Crippen molar-refractivity contribution in [1.82, 2.24) is 0 Å². The Morgan fingerprint density at radius 1 is 1.12 bits per heavy atom. The van der Waals surface area contributed by atoms with Crippen LogP contribution in [0, 0.1) is 6.92 Å². The van der Waals surface area contributed by atoms with Crippen LogP contribution in [0.15, 0.2) is 42.5 Å². The summed E-state index contributed by atoms with van der Waals surface area (Å²) in [5.74, 6) is -1.66. The van der Waals surface area contributed by atoms with E-state index in [0.29, 0.717) is 11.3 Å². The van der Waals surface area contributed by atoms with E-state index in [4.69, 9.17) is 4.74 Å². The first-order chi connectivity index (χ1) is 11.8. The Hall–Kier alpha value is -3.15. The molecule has 25 heavy (non-hydrogen) atoms. The second-order valence-corrected chi connectivity index (χ2v) is 5.69. The van der Waals surface area contributed by atoms with Gasteiger partial charge in [0.2, 0.25) is 0 Å². The lowest BCUT2D eigenvalue weighted by Gasteiger charge is -2.14. The number of anilines is 1. The molecule has 6 nitrogen and oxygen atoms in total. The van der Waals surface area contributed by atoms with Crippen LogP contribution in [0.25, 0.3) is 0 Å². The van der Waals surface area contributed by atoms with Gasteiger partial charge in [0, 0.05) is 11.3 Å². The Morgan fingerprint density at radius 3 is 2.48 bits per heavy atom. The Morgan fingerprint density at radius 2 is 1.84 bits per heavy atom. The fourth-order valence-electron chi connectivity index (χ4n) is 2.15. The van der Waals surface area contributed by atoms with Gasteiger partial charge in [-0.25, -0.2) is 4.79 Å². The Balaban J connectivity index is 2.03. The molecule has 0 radical (unpaired) electrons. The first kappa shape index (κ1) is 18.2. The van der Waals surface area contributed by atoms with Crippen molar-refractivity contribution in [3.63, 3.8) is 0 Å². The molecular formula is C19H19NO5. The van der Waals surface area contributed by atoms with Gasteiger partial charge in [-0.15, -0.1) is 0 Å². The SMILES string of the molecule is CC(=O)c1cccc(NC(=O)[C@H](C)OC(=O)c2ccc(C)cc2O)c1. The molecule has 2 N–H and O–H groups in total. The average molecular weight is 341 g/mol. The summed E-state index contributed by atoms with van der Waals surface area (Å²) in [5.41, 5.74) is 1.68. The molecule has 0 saturated carbocycles. The van der Waals surface area contributed by atoms with Crippen LogP contribution in [0.3, 0.4) is 0 Å². The van der Waals surface area contributed by atoms with Gasteiger partial charge in [-0.1, -0.05) is 18.2 Å². The molecule has 2 aromatic rings. The maximum atomic E-state index is 12.2. The number of carbonyl (C=O) groups is 3. The molecule has 1 atom stereocenters. The van der Waals surface area contributed by atoms with Crippen molar-refractivity contribution in [1.29, 1.82) is 0 Å². The maximum Gasteiger partial charge on any atom is 0.342 e. The predicted molar refractivity (Wildman–Crippen MR) is 92.8 cm³/mol. The molecule has 6 heteroatoms. The number of aromatic hydroxyl groups is 1. The van der Waals surface area contributed by atoms with Crippen LogP contribution in [0.5, 0.6) is 5.75 Å². The van der Waals surface area contributed by atoms with Crippen molar-refractivity contribution in [3.8, 4) is 5.75 Å². The zero-order valence-corrected chi connectivity index (χ0v) is 14.2. The fourth-order valence-corrected chi connectivity index (χ4v) is 2.15. The van der Waals surface area contributed by atoms with E-state index in [0.717, 1.165) is 5.56 Å². The first-order valence-corrected chi connectivity index (χ1v) is 7.70. The van der Waals surface area contributed by atoms with Gasteiger partial charge >= 0.3 is 5.97 Å². The van der Waals surface area contributed by atoms with Crippen LogP contribution in [0.2, 0.25) is 0 Å². The second kappa shape index (κ2) is 7.61. The molecule has 0 aliphatic carbocycles. The average Bonchev–Trinajstić information content (AvgIpc) is 2.54. The zero-order valence-electron chi connectivity index (χ0n) is 14.2. The summed E-state index contributed by atoms with van der Waals surface area (Å²) in [4.78, 5) is 35.6. The van der Waals surface area contributed by atoms with Crippen LogP contribution in [-0.4, -0.2) is 28.9 Å². The van der Waals surface area contributed by atoms with E-state index in [2.05, 4.69) is 5.32 Å². The Labute approximate surface area is 145 Å². The standard InChI is InChI=1S/C19H19NO5/c1-11-7-8-16(17(22)9-11)19(24)25-13(3)18(23)20-15-6-4-5-14(10-15)12(2)21/h4-10,13,22H,1-3H3,(H,20,23)/t13-/m0/s1. The topological polar surface area (TPSA) is 92.7 Å².